The Labute approximate surface area is 106 Å². The van der Waals surface area contributed by atoms with E-state index in [-0.39, 0.29) is 5.56 Å². The van der Waals surface area contributed by atoms with E-state index in [4.69, 9.17) is 15.6 Å². The summed E-state index contributed by atoms with van der Waals surface area (Å²) in [7, 11) is 2.08. The quantitative estimate of drug-likeness (QED) is 0.791. The predicted molar refractivity (Wildman–Crippen MR) is 69.0 cm³/mol. The lowest BCUT2D eigenvalue weighted by Crippen LogP contribution is -2.30. The first kappa shape index (κ1) is 12.7. The Hall–Kier alpha value is -1.75. The number of carboxylic acids is 1. The van der Waals surface area contributed by atoms with Gasteiger partial charge in [0.15, 0.2) is 0 Å². The average molecular weight is 250 g/mol. The minimum atomic E-state index is -0.983. The monoisotopic (exact) mass is 250 g/mol. The van der Waals surface area contributed by atoms with Crippen LogP contribution in [0.1, 0.15) is 23.2 Å². The minimum absolute atomic E-state index is 0.179. The van der Waals surface area contributed by atoms with Crippen LogP contribution in [0.3, 0.4) is 0 Å². The number of benzene rings is 1. The Kier molecular flexibility index (Phi) is 3.72. The van der Waals surface area contributed by atoms with E-state index >= 15 is 0 Å². The molecule has 1 saturated heterocycles. The van der Waals surface area contributed by atoms with E-state index in [9.17, 15) is 4.79 Å². The maximum absolute atomic E-state index is 10.8. The Morgan fingerprint density at radius 1 is 1.61 bits per heavy atom. The van der Waals surface area contributed by atoms with Crippen molar-refractivity contribution in [3.63, 3.8) is 0 Å². The summed E-state index contributed by atoms with van der Waals surface area (Å²) in [5.41, 5.74) is 6.33. The lowest BCUT2D eigenvalue weighted by Gasteiger charge is -2.20. The number of likely N-dealkylation sites (N-methyl/N-ethyl adjacent to an activating group) is 1. The van der Waals surface area contributed by atoms with Gasteiger partial charge in [0.1, 0.15) is 12.4 Å². The molecule has 1 fully saturated rings. The van der Waals surface area contributed by atoms with Gasteiger partial charge in [0, 0.05) is 6.04 Å². The summed E-state index contributed by atoms with van der Waals surface area (Å²) in [5.74, 6) is -0.427. The molecule has 1 aliphatic rings. The smallest absolute Gasteiger partial charge is 0.335 e. The second kappa shape index (κ2) is 5.27. The fraction of sp³-hybridized carbons (Fsp3) is 0.462. The second-order valence-corrected chi connectivity index (χ2v) is 4.65. The van der Waals surface area contributed by atoms with Crippen LogP contribution < -0.4 is 10.5 Å². The zero-order valence-corrected chi connectivity index (χ0v) is 10.4. The van der Waals surface area contributed by atoms with Crippen molar-refractivity contribution >= 4 is 11.7 Å². The summed E-state index contributed by atoms with van der Waals surface area (Å²) in [6.45, 7) is 1.69. The second-order valence-electron chi connectivity index (χ2n) is 4.65. The molecule has 18 heavy (non-hydrogen) atoms. The van der Waals surface area contributed by atoms with Gasteiger partial charge in [-0.3, -0.25) is 0 Å². The van der Waals surface area contributed by atoms with Gasteiger partial charge in [-0.05, 0) is 44.6 Å². The number of nitrogen functional groups attached to an aromatic ring is 1. The van der Waals surface area contributed by atoms with E-state index in [2.05, 4.69) is 11.9 Å². The number of likely N-dealkylation sites (tertiary alicyclic amines) is 1. The summed E-state index contributed by atoms with van der Waals surface area (Å²) >= 11 is 0. The van der Waals surface area contributed by atoms with Crippen LogP contribution in [0.15, 0.2) is 18.2 Å². The molecular formula is C13H18N2O3. The molecule has 0 bridgehead atoms. The zero-order valence-electron chi connectivity index (χ0n) is 10.4. The van der Waals surface area contributed by atoms with E-state index in [1.807, 2.05) is 0 Å². The number of nitrogens with zero attached hydrogens (tertiary/aromatic N) is 1. The molecule has 1 heterocycles. The summed E-state index contributed by atoms with van der Waals surface area (Å²) in [6.07, 6.45) is 2.32. The Bertz CT molecular complexity index is 448. The Morgan fingerprint density at radius 3 is 2.94 bits per heavy atom. The molecule has 5 nitrogen and oxygen atoms in total. The highest BCUT2D eigenvalue weighted by molar-refractivity contribution is 5.89. The van der Waals surface area contributed by atoms with Crippen molar-refractivity contribution in [2.24, 2.45) is 0 Å². The average Bonchev–Trinajstić information content (AvgIpc) is 2.73. The van der Waals surface area contributed by atoms with Gasteiger partial charge in [-0.15, -0.1) is 0 Å². The molecule has 0 radical (unpaired) electrons. The number of carbonyl (C=O) groups is 1. The number of nitrogens with two attached hydrogens (primary N) is 1. The topological polar surface area (TPSA) is 75.8 Å². The van der Waals surface area contributed by atoms with Crippen LogP contribution in [0, 0.1) is 0 Å². The Balaban J connectivity index is 1.99. The van der Waals surface area contributed by atoms with Crippen molar-refractivity contribution in [3.8, 4) is 5.75 Å². The van der Waals surface area contributed by atoms with Gasteiger partial charge in [-0.1, -0.05) is 0 Å². The SMILES string of the molecule is CN1CCCC1COc1ccc(C(=O)O)cc1N. The van der Waals surface area contributed by atoms with Crippen LogP contribution in [0.5, 0.6) is 5.75 Å². The van der Waals surface area contributed by atoms with Crippen molar-refractivity contribution in [1.82, 2.24) is 4.90 Å². The van der Waals surface area contributed by atoms with Gasteiger partial charge in [0.25, 0.3) is 0 Å². The number of ether oxygens (including phenoxy) is 1. The first-order valence-electron chi connectivity index (χ1n) is 6.04. The van der Waals surface area contributed by atoms with Gasteiger partial charge in [0.05, 0.1) is 11.3 Å². The molecule has 1 aromatic rings. The van der Waals surface area contributed by atoms with Gasteiger partial charge >= 0.3 is 5.97 Å². The first-order chi connectivity index (χ1) is 8.58. The molecule has 98 valence electrons. The third kappa shape index (κ3) is 2.73. The molecule has 0 aliphatic carbocycles. The number of carboxylic acid groups (broad SMARTS) is 1. The van der Waals surface area contributed by atoms with Crippen molar-refractivity contribution in [2.45, 2.75) is 18.9 Å². The van der Waals surface area contributed by atoms with Crippen LogP contribution in [0.4, 0.5) is 5.69 Å². The lowest BCUT2D eigenvalue weighted by molar-refractivity contribution is 0.0697. The molecule has 0 aromatic heterocycles. The summed E-state index contributed by atoms with van der Waals surface area (Å²) < 4.78 is 5.67. The van der Waals surface area contributed by atoms with Gasteiger partial charge < -0.3 is 20.5 Å². The fourth-order valence-corrected chi connectivity index (χ4v) is 2.19. The number of rotatable bonds is 4. The van der Waals surface area contributed by atoms with E-state index < -0.39 is 5.97 Å². The molecule has 1 atom stereocenters. The fourth-order valence-electron chi connectivity index (χ4n) is 2.19. The number of hydrogen-bond donors (Lipinski definition) is 2. The molecule has 0 spiro atoms. The third-order valence-corrected chi connectivity index (χ3v) is 3.36. The molecule has 1 aliphatic heterocycles. The summed E-state index contributed by atoms with van der Waals surface area (Å²) in [6, 6.07) is 4.97. The normalized spacial score (nSPS) is 19.9. The van der Waals surface area contributed by atoms with Crippen LogP contribution >= 0.6 is 0 Å². The molecule has 0 amide bonds. The number of aromatic carboxylic acids is 1. The summed E-state index contributed by atoms with van der Waals surface area (Å²) in [5, 5.41) is 8.83. The van der Waals surface area contributed by atoms with Crippen LogP contribution in [0.2, 0.25) is 0 Å². The van der Waals surface area contributed by atoms with Crippen LogP contribution in [-0.4, -0.2) is 42.2 Å². The maximum atomic E-state index is 10.8. The van der Waals surface area contributed by atoms with Crippen LogP contribution in [-0.2, 0) is 0 Å². The number of anilines is 1. The standard InChI is InChI=1S/C13H18N2O3/c1-15-6-2-3-10(15)8-18-12-5-4-9(13(16)17)7-11(12)14/h4-5,7,10H,2-3,6,8,14H2,1H3,(H,16,17). The van der Waals surface area contributed by atoms with Crippen LogP contribution in [0.25, 0.3) is 0 Å². The van der Waals surface area contributed by atoms with E-state index in [1.165, 1.54) is 18.6 Å². The molecule has 1 aromatic carbocycles. The van der Waals surface area contributed by atoms with E-state index in [1.54, 1.807) is 6.07 Å². The molecule has 0 saturated carbocycles. The highest BCUT2D eigenvalue weighted by Crippen LogP contribution is 2.24. The minimum Gasteiger partial charge on any atom is -0.490 e. The zero-order chi connectivity index (χ0) is 13.1. The van der Waals surface area contributed by atoms with E-state index in [0.29, 0.717) is 24.1 Å². The molecule has 2 rings (SSSR count). The molecule has 3 N–H and O–H groups in total. The number of hydrogen-bond acceptors (Lipinski definition) is 4. The van der Waals surface area contributed by atoms with Crippen molar-refractivity contribution in [3.05, 3.63) is 23.8 Å². The first-order valence-corrected chi connectivity index (χ1v) is 6.04. The molecular weight excluding hydrogens is 232 g/mol. The maximum Gasteiger partial charge on any atom is 0.335 e. The highest BCUT2D eigenvalue weighted by atomic mass is 16.5. The summed E-state index contributed by atoms with van der Waals surface area (Å²) in [4.78, 5) is 13.0. The van der Waals surface area contributed by atoms with Gasteiger partial charge in [-0.2, -0.15) is 0 Å². The molecule has 1 unspecified atom stereocenters. The van der Waals surface area contributed by atoms with Gasteiger partial charge in [0.2, 0.25) is 0 Å². The van der Waals surface area contributed by atoms with Crippen molar-refractivity contribution < 1.29 is 14.6 Å². The Morgan fingerprint density at radius 2 is 2.39 bits per heavy atom. The van der Waals surface area contributed by atoms with Crippen molar-refractivity contribution in [2.75, 3.05) is 25.9 Å². The largest absolute Gasteiger partial charge is 0.490 e. The highest BCUT2D eigenvalue weighted by Gasteiger charge is 2.21. The van der Waals surface area contributed by atoms with E-state index in [0.717, 1.165) is 13.0 Å². The van der Waals surface area contributed by atoms with Gasteiger partial charge in [-0.25, -0.2) is 4.79 Å². The lowest BCUT2D eigenvalue weighted by atomic mass is 10.2. The molecule has 5 heteroatoms. The third-order valence-electron chi connectivity index (χ3n) is 3.36. The predicted octanol–water partition coefficient (Wildman–Crippen LogP) is 1.44. The van der Waals surface area contributed by atoms with Crippen molar-refractivity contribution in [1.29, 1.82) is 0 Å².